The molecule has 0 aromatic carbocycles. The van der Waals surface area contributed by atoms with E-state index in [0.717, 1.165) is 25.3 Å². The van der Waals surface area contributed by atoms with Crippen molar-refractivity contribution in [3.63, 3.8) is 0 Å². The van der Waals surface area contributed by atoms with Gasteiger partial charge in [0.25, 0.3) is 6.04 Å². The molecule has 0 saturated carbocycles. The molecule has 0 aliphatic carbocycles. The molecule has 0 spiro atoms. The number of esters is 1. The van der Waals surface area contributed by atoms with E-state index in [0.29, 0.717) is 0 Å². The first-order valence-corrected chi connectivity index (χ1v) is 3.61. The average Bonchev–Trinajstić information content (AvgIpc) is 2.39. The van der Waals surface area contributed by atoms with Crippen LogP contribution in [0.2, 0.25) is 0 Å². The number of carbonyl (C=O) groups is 1. The monoisotopic (exact) mass is 140 g/mol. The highest BCUT2D eigenvalue weighted by Crippen LogP contribution is 2.18. The van der Waals surface area contributed by atoms with Crippen molar-refractivity contribution in [1.29, 1.82) is 0 Å². The molecule has 0 aromatic heterocycles. The molecule has 0 radical (unpaired) electrons. The highest BCUT2D eigenvalue weighted by molar-refractivity contribution is 5.91. The van der Waals surface area contributed by atoms with E-state index in [9.17, 15) is 4.79 Å². The first kappa shape index (κ1) is 5.89. The summed E-state index contributed by atoms with van der Waals surface area (Å²) in [5, 5.41) is 0. The summed E-state index contributed by atoms with van der Waals surface area (Å²) in [6.07, 6.45) is 2.09. The highest BCUT2D eigenvalue weighted by Gasteiger charge is 2.44. The van der Waals surface area contributed by atoms with Crippen molar-refractivity contribution in [2.75, 3.05) is 6.54 Å². The molecule has 2 aliphatic heterocycles. The first-order valence-electron chi connectivity index (χ1n) is 3.61. The molecule has 0 bridgehead atoms. The molecular weight excluding hydrogens is 130 g/mol. The quantitative estimate of drug-likeness (QED) is 0.353. The fourth-order valence-electron chi connectivity index (χ4n) is 1.66. The molecule has 0 amide bonds. The lowest BCUT2D eigenvalue weighted by molar-refractivity contribution is -0.526. The van der Waals surface area contributed by atoms with Crippen LogP contribution in [0, 0.1) is 0 Å². The second-order valence-electron chi connectivity index (χ2n) is 2.79. The van der Waals surface area contributed by atoms with Crippen molar-refractivity contribution in [2.24, 2.45) is 0 Å². The summed E-state index contributed by atoms with van der Waals surface area (Å²) < 4.78 is 6.98. The summed E-state index contributed by atoms with van der Waals surface area (Å²) in [7, 11) is 0. The van der Waals surface area contributed by atoms with E-state index < -0.39 is 0 Å². The van der Waals surface area contributed by atoms with E-state index in [1.54, 1.807) is 0 Å². The molecule has 0 N–H and O–H groups in total. The molecule has 0 aromatic rings. The van der Waals surface area contributed by atoms with Crippen LogP contribution in [0.25, 0.3) is 0 Å². The second kappa shape index (κ2) is 1.81. The van der Waals surface area contributed by atoms with Gasteiger partial charge in [-0.2, -0.15) is 4.58 Å². The molecule has 1 unspecified atom stereocenters. The van der Waals surface area contributed by atoms with E-state index in [2.05, 4.69) is 0 Å². The maximum absolute atomic E-state index is 11.0. The SMILES string of the molecule is CC1=[N+]2CCCC2C(=O)O1. The average molecular weight is 140 g/mol. The number of cyclic esters (lactones) is 1. The van der Waals surface area contributed by atoms with Crippen LogP contribution in [0.4, 0.5) is 0 Å². The summed E-state index contributed by atoms with van der Waals surface area (Å²) in [5.41, 5.74) is 0. The third-order valence-electron chi connectivity index (χ3n) is 2.18. The van der Waals surface area contributed by atoms with Gasteiger partial charge in [0.2, 0.25) is 0 Å². The number of ether oxygens (including phenoxy) is 1. The molecule has 1 atom stereocenters. The molecule has 2 heterocycles. The Morgan fingerprint density at radius 3 is 3.20 bits per heavy atom. The number of nitrogens with zero attached hydrogens (tertiary/aromatic N) is 1. The van der Waals surface area contributed by atoms with Gasteiger partial charge in [-0.25, -0.2) is 4.79 Å². The van der Waals surface area contributed by atoms with Crippen LogP contribution in [-0.2, 0) is 9.53 Å². The lowest BCUT2D eigenvalue weighted by Crippen LogP contribution is -2.21. The van der Waals surface area contributed by atoms with Crippen molar-refractivity contribution >= 4 is 11.9 Å². The van der Waals surface area contributed by atoms with Gasteiger partial charge in [0.15, 0.2) is 0 Å². The van der Waals surface area contributed by atoms with Gasteiger partial charge in [-0.3, -0.25) is 0 Å². The molecule has 54 valence electrons. The van der Waals surface area contributed by atoms with E-state index in [4.69, 9.17) is 4.74 Å². The number of rotatable bonds is 0. The third-order valence-corrected chi connectivity index (χ3v) is 2.18. The Morgan fingerprint density at radius 2 is 2.50 bits per heavy atom. The number of hydrogen-bond donors (Lipinski definition) is 0. The minimum Gasteiger partial charge on any atom is -0.370 e. The largest absolute Gasteiger partial charge is 0.384 e. The molecule has 1 fully saturated rings. The normalized spacial score (nSPS) is 30.9. The van der Waals surface area contributed by atoms with E-state index in [1.165, 1.54) is 0 Å². The second-order valence-corrected chi connectivity index (χ2v) is 2.79. The summed E-state index contributed by atoms with van der Waals surface area (Å²) in [6, 6.07) is 0.0556. The maximum Gasteiger partial charge on any atom is 0.384 e. The van der Waals surface area contributed by atoms with Gasteiger partial charge in [-0.1, -0.05) is 0 Å². The van der Waals surface area contributed by atoms with Crippen molar-refractivity contribution in [1.82, 2.24) is 0 Å². The van der Waals surface area contributed by atoms with Crippen molar-refractivity contribution in [3.05, 3.63) is 0 Å². The zero-order valence-electron chi connectivity index (χ0n) is 5.96. The van der Waals surface area contributed by atoms with Crippen LogP contribution < -0.4 is 0 Å². The van der Waals surface area contributed by atoms with Crippen LogP contribution in [0.15, 0.2) is 0 Å². The molecule has 1 saturated heterocycles. The van der Waals surface area contributed by atoms with Gasteiger partial charge in [0, 0.05) is 12.8 Å². The number of fused-ring (bicyclic) bond motifs is 1. The van der Waals surface area contributed by atoms with Gasteiger partial charge in [-0.15, -0.1) is 0 Å². The van der Waals surface area contributed by atoms with Gasteiger partial charge >= 0.3 is 11.9 Å². The van der Waals surface area contributed by atoms with Crippen LogP contribution in [0.1, 0.15) is 19.8 Å². The number of hydrogen-bond acceptors (Lipinski definition) is 2. The molecule has 3 nitrogen and oxygen atoms in total. The molecule has 2 rings (SSSR count). The third kappa shape index (κ3) is 0.602. The fraction of sp³-hybridized carbons (Fsp3) is 0.714. The standard InChI is InChI=1S/C7H10NO2/c1-5-8-4-2-3-6(8)7(9)10-5/h6H,2-4H2,1H3/q+1. The van der Waals surface area contributed by atoms with E-state index >= 15 is 0 Å². The molecule has 3 heteroatoms. The van der Waals surface area contributed by atoms with Gasteiger partial charge in [-0.05, 0) is 0 Å². The fourth-order valence-corrected chi connectivity index (χ4v) is 1.66. The summed E-state index contributed by atoms with van der Waals surface area (Å²) in [4.78, 5) is 11.0. The minimum absolute atomic E-state index is 0.0556. The van der Waals surface area contributed by atoms with Crippen molar-refractivity contribution in [2.45, 2.75) is 25.8 Å². The smallest absolute Gasteiger partial charge is 0.370 e. The Kier molecular flexibility index (Phi) is 1.07. The van der Waals surface area contributed by atoms with Gasteiger partial charge in [0.1, 0.15) is 6.54 Å². The highest BCUT2D eigenvalue weighted by atomic mass is 16.6. The molecular formula is C7H10NO2+. The van der Waals surface area contributed by atoms with Crippen LogP contribution in [-0.4, -0.2) is 29.0 Å². The van der Waals surface area contributed by atoms with E-state index in [1.807, 2.05) is 11.5 Å². The molecule has 2 aliphatic rings. The van der Waals surface area contributed by atoms with Crippen LogP contribution >= 0.6 is 0 Å². The Balaban J connectivity index is 2.36. The van der Waals surface area contributed by atoms with Gasteiger partial charge in [0.05, 0.1) is 6.92 Å². The molecule has 10 heavy (non-hydrogen) atoms. The van der Waals surface area contributed by atoms with Crippen molar-refractivity contribution < 1.29 is 14.1 Å². The lowest BCUT2D eigenvalue weighted by atomic mass is 10.2. The summed E-state index contributed by atoms with van der Waals surface area (Å²) in [5.74, 6) is 0.725. The zero-order chi connectivity index (χ0) is 7.14. The zero-order valence-corrected chi connectivity index (χ0v) is 5.96. The maximum atomic E-state index is 11.0. The van der Waals surface area contributed by atoms with Crippen molar-refractivity contribution in [3.8, 4) is 0 Å². The Hall–Kier alpha value is -0.860. The first-order chi connectivity index (χ1) is 4.79. The topological polar surface area (TPSA) is 29.3 Å². The van der Waals surface area contributed by atoms with Crippen LogP contribution in [0.5, 0.6) is 0 Å². The lowest BCUT2D eigenvalue weighted by Gasteiger charge is -1.89. The van der Waals surface area contributed by atoms with E-state index in [-0.39, 0.29) is 12.0 Å². The summed E-state index contributed by atoms with van der Waals surface area (Å²) >= 11 is 0. The number of carbonyl (C=O) groups excluding carboxylic acids is 1. The van der Waals surface area contributed by atoms with Gasteiger partial charge < -0.3 is 4.74 Å². The van der Waals surface area contributed by atoms with Crippen LogP contribution in [0.3, 0.4) is 0 Å². The Bertz CT molecular complexity index is 220. The predicted octanol–water partition coefficient (Wildman–Crippen LogP) is 0.136. The Labute approximate surface area is 59.3 Å². The Morgan fingerprint density at radius 1 is 1.70 bits per heavy atom. The predicted molar refractivity (Wildman–Crippen MR) is 34.9 cm³/mol. The summed E-state index contributed by atoms with van der Waals surface area (Å²) in [6.45, 7) is 2.84. The minimum atomic E-state index is -0.0602.